The zero-order valence-corrected chi connectivity index (χ0v) is 14.0. The van der Waals surface area contributed by atoms with Gasteiger partial charge in [-0.3, -0.25) is 4.72 Å². The summed E-state index contributed by atoms with van der Waals surface area (Å²) in [6.45, 7) is 0. The summed E-state index contributed by atoms with van der Waals surface area (Å²) in [7, 11) is -3.70. The molecule has 0 bridgehead atoms. The first-order valence-electron chi connectivity index (χ1n) is 5.41. The lowest BCUT2D eigenvalue weighted by molar-refractivity contribution is 0.601. The molecule has 20 heavy (non-hydrogen) atoms. The van der Waals surface area contributed by atoms with Gasteiger partial charge in [0.05, 0.1) is 22.2 Å². The van der Waals surface area contributed by atoms with Gasteiger partial charge in [0, 0.05) is 8.95 Å². The van der Waals surface area contributed by atoms with Crippen LogP contribution in [0.4, 0.5) is 5.69 Å². The molecule has 2 aromatic rings. The standard InChI is InChI=1S/C13H8Br2N2O2S/c14-11-2-1-3-12(15)13(11)17-20(18,19)10-6-4-9(8-16)5-7-10/h1-7,17H. The Morgan fingerprint density at radius 2 is 1.55 bits per heavy atom. The molecule has 0 atom stereocenters. The smallest absolute Gasteiger partial charge is 0.261 e. The van der Waals surface area contributed by atoms with Crippen molar-refractivity contribution < 1.29 is 8.42 Å². The van der Waals surface area contributed by atoms with Gasteiger partial charge < -0.3 is 0 Å². The van der Waals surface area contributed by atoms with Crippen LogP contribution < -0.4 is 4.72 Å². The molecule has 0 aliphatic heterocycles. The molecule has 0 spiro atoms. The third kappa shape index (κ3) is 3.20. The van der Waals surface area contributed by atoms with Gasteiger partial charge in [0.2, 0.25) is 0 Å². The predicted molar refractivity (Wildman–Crippen MR) is 83.8 cm³/mol. The van der Waals surface area contributed by atoms with E-state index in [1.165, 1.54) is 24.3 Å². The number of hydrogen-bond acceptors (Lipinski definition) is 3. The minimum Gasteiger partial charge on any atom is -0.277 e. The quantitative estimate of drug-likeness (QED) is 0.826. The van der Waals surface area contributed by atoms with E-state index in [1.807, 2.05) is 6.07 Å². The highest BCUT2D eigenvalue weighted by Gasteiger charge is 2.17. The Balaban J connectivity index is 2.38. The minimum absolute atomic E-state index is 0.0964. The van der Waals surface area contributed by atoms with Gasteiger partial charge >= 0.3 is 0 Å². The van der Waals surface area contributed by atoms with Gasteiger partial charge in [0.1, 0.15) is 0 Å². The highest BCUT2D eigenvalue weighted by Crippen LogP contribution is 2.32. The third-order valence-electron chi connectivity index (χ3n) is 2.49. The van der Waals surface area contributed by atoms with Crippen molar-refractivity contribution in [1.29, 1.82) is 5.26 Å². The summed E-state index contributed by atoms with van der Waals surface area (Å²) >= 11 is 6.59. The molecule has 0 aliphatic rings. The van der Waals surface area contributed by atoms with Crippen LogP contribution in [0.5, 0.6) is 0 Å². The van der Waals surface area contributed by atoms with Crippen LogP contribution in [0.1, 0.15) is 5.56 Å². The van der Waals surface area contributed by atoms with Crippen molar-refractivity contribution in [1.82, 2.24) is 0 Å². The number of sulfonamides is 1. The molecular formula is C13H8Br2N2O2S. The van der Waals surface area contributed by atoms with Crippen LogP contribution in [-0.4, -0.2) is 8.42 Å². The molecule has 0 saturated carbocycles. The second-order valence-corrected chi connectivity index (χ2v) is 7.23. The molecule has 0 aromatic heterocycles. The molecule has 0 heterocycles. The molecular weight excluding hydrogens is 408 g/mol. The van der Waals surface area contributed by atoms with E-state index in [1.54, 1.807) is 18.2 Å². The van der Waals surface area contributed by atoms with Crippen molar-refractivity contribution in [3.63, 3.8) is 0 Å². The van der Waals surface area contributed by atoms with Crippen molar-refractivity contribution >= 4 is 47.6 Å². The van der Waals surface area contributed by atoms with E-state index >= 15 is 0 Å². The first-order chi connectivity index (χ1) is 9.44. The molecule has 0 saturated heterocycles. The van der Waals surface area contributed by atoms with Crippen molar-refractivity contribution in [2.45, 2.75) is 4.90 Å². The Labute approximate surface area is 133 Å². The van der Waals surface area contributed by atoms with Gasteiger partial charge in [-0.2, -0.15) is 5.26 Å². The van der Waals surface area contributed by atoms with Gasteiger partial charge in [0.25, 0.3) is 10.0 Å². The number of nitriles is 1. The Kier molecular flexibility index (Phi) is 4.48. The molecule has 1 N–H and O–H groups in total. The van der Waals surface area contributed by atoms with Gasteiger partial charge in [-0.15, -0.1) is 0 Å². The molecule has 102 valence electrons. The maximum absolute atomic E-state index is 12.3. The fraction of sp³-hybridized carbons (Fsp3) is 0. The second-order valence-electron chi connectivity index (χ2n) is 3.84. The SMILES string of the molecule is N#Cc1ccc(S(=O)(=O)Nc2c(Br)cccc2Br)cc1. The molecule has 0 aliphatic carbocycles. The lowest BCUT2D eigenvalue weighted by Crippen LogP contribution is -2.13. The summed E-state index contributed by atoms with van der Waals surface area (Å²) < 4.78 is 28.3. The first kappa shape index (κ1) is 15.0. The lowest BCUT2D eigenvalue weighted by atomic mass is 10.2. The molecule has 2 aromatic carbocycles. The van der Waals surface area contributed by atoms with Crippen molar-refractivity contribution in [3.8, 4) is 6.07 Å². The monoisotopic (exact) mass is 414 g/mol. The van der Waals surface area contributed by atoms with Crippen LogP contribution in [0.15, 0.2) is 56.3 Å². The third-order valence-corrected chi connectivity index (χ3v) is 5.18. The normalized spacial score (nSPS) is 10.8. The lowest BCUT2D eigenvalue weighted by Gasteiger charge is -2.11. The Bertz CT molecular complexity index is 761. The average Bonchev–Trinajstić information content (AvgIpc) is 2.43. The number of rotatable bonds is 3. The molecule has 0 unspecified atom stereocenters. The summed E-state index contributed by atoms with van der Waals surface area (Å²) in [5.74, 6) is 0. The van der Waals surface area contributed by atoms with Gasteiger partial charge in [-0.25, -0.2) is 8.42 Å². The molecule has 0 radical (unpaired) electrons. The summed E-state index contributed by atoms with van der Waals surface area (Å²) in [5.41, 5.74) is 0.836. The molecule has 2 rings (SSSR count). The predicted octanol–water partition coefficient (Wildman–Crippen LogP) is 3.88. The van der Waals surface area contributed by atoms with Crippen LogP contribution in [-0.2, 0) is 10.0 Å². The van der Waals surface area contributed by atoms with Gasteiger partial charge in [-0.1, -0.05) is 6.07 Å². The summed E-state index contributed by atoms with van der Waals surface area (Å²) in [4.78, 5) is 0.0964. The number of para-hydroxylation sites is 1. The van der Waals surface area contributed by atoms with Gasteiger partial charge in [-0.05, 0) is 68.3 Å². The van der Waals surface area contributed by atoms with E-state index < -0.39 is 10.0 Å². The van der Waals surface area contributed by atoms with E-state index in [2.05, 4.69) is 36.6 Å². The van der Waals surface area contributed by atoms with E-state index in [4.69, 9.17) is 5.26 Å². The summed E-state index contributed by atoms with van der Waals surface area (Å²) in [5, 5.41) is 8.71. The van der Waals surface area contributed by atoms with E-state index in [0.29, 0.717) is 20.2 Å². The van der Waals surface area contributed by atoms with E-state index in [9.17, 15) is 8.42 Å². The van der Waals surface area contributed by atoms with Crippen LogP contribution in [0.3, 0.4) is 0 Å². The largest absolute Gasteiger partial charge is 0.277 e. The number of nitrogens with one attached hydrogen (secondary N) is 1. The fourth-order valence-electron chi connectivity index (χ4n) is 1.50. The van der Waals surface area contributed by atoms with E-state index in [-0.39, 0.29) is 4.90 Å². The van der Waals surface area contributed by atoms with E-state index in [0.717, 1.165) is 0 Å². The summed E-state index contributed by atoms with van der Waals surface area (Å²) in [6.07, 6.45) is 0. The molecule has 0 fully saturated rings. The summed E-state index contributed by atoms with van der Waals surface area (Å²) in [6, 6.07) is 12.9. The Hall–Kier alpha value is -1.36. The molecule has 4 nitrogen and oxygen atoms in total. The number of halogens is 2. The highest BCUT2D eigenvalue weighted by atomic mass is 79.9. The fourth-order valence-corrected chi connectivity index (χ4v) is 4.06. The maximum atomic E-state index is 12.3. The molecule has 7 heteroatoms. The number of nitrogens with zero attached hydrogens (tertiary/aromatic N) is 1. The number of hydrogen-bond donors (Lipinski definition) is 1. The first-order valence-corrected chi connectivity index (χ1v) is 8.48. The van der Waals surface area contributed by atoms with Gasteiger partial charge in [0.15, 0.2) is 0 Å². The number of benzene rings is 2. The van der Waals surface area contributed by atoms with Crippen LogP contribution in [0, 0.1) is 11.3 Å². The second kappa shape index (κ2) is 5.95. The zero-order valence-electron chi connectivity index (χ0n) is 9.97. The average molecular weight is 416 g/mol. The van der Waals surface area contributed by atoms with Crippen LogP contribution >= 0.6 is 31.9 Å². The maximum Gasteiger partial charge on any atom is 0.261 e. The molecule has 0 amide bonds. The van der Waals surface area contributed by atoms with Crippen LogP contribution in [0.25, 0.3) is 0 Å². The van der Waals surface area contributed by atoms with Crippen molar-refractivity contribution in [3.05, 3.63) is 57.0 Å². The number of anilines is 1. The Morgan fingerprint density at radius 1 is 1.00 bits per heavy atom. The van der Waals surface area contributed by atoms with Crippen molar-refractivity contribution in [2.24, 2.45) is 0 Å². The highest BCUT2D eigenvalue weighted by molar-refractivity contribution is 9.11. The van der Waals surface area contributed by atoms with Crippen LogP contribution in [0.2, 0.25) is 0 Å². The topological polar surface area (TPSA) is 70.0 Å². The minimum atomic E-state index is -3.70. The van der Waals surface area contributed by atoms with Crippen molar-refractivity contribution in [2.75, 3.05) is 4.72 Å². The zero-order chi connectivity index (χ0) is 14.8. The Morgan fingerprint density at radius 3 is 2.05 bits per heavy atom.